The number of carbonyl (C=O) groups is 2. The Morgan fingerprint density at radius 2 is 1.84 bits per heavy atom. The van der Waals surface area contributed by atoms with Gasteiger partial charge in [-0.3, -0.25) is 4.79 Å². The van der Waals surface area contributed by atoms with E-state index in [4.69, 9.17) is 9.47 Å². The molecule has 0 fully saturated rings. The van der Waals surface area contributed by atoms with Crippen LogP contribution in [0.25, 0.3) is 11.1 Å². The van der Waals surface area contributed by atoms with Gasteiger partial charge in [-0.05, 0) is 57.2 Å². The molecule has 0 aromatic heterocycles. The Morgan fingerprint density at radius 1 is 1.16 bits per heavy atom. The number of ether oxygens (including phenoxy) is 2. The largest absolute Gasteiger partial charge is 0.494 e. The number of halogens is 1. The molecule has 0 aliphatic heterocycles. The van der Waals surface area contributed by atoms with Crippen molar-refractivity contribution in [1.82, 2.24) is 4.90 Å². The zero-order valence-electron chi connectivity index (χ0n) is 19.4. The van der Waals surface area contributed by atoms with Crippen molar-refractivity contribution in [2.45, 2.75) is 45.6 Å². The number of rotatable bonds is 9. The van der Waals surface area contributed by atoms with E-state index in [0.29, 0.717) is 36.9 Å². The van der Waals surface area contributed by atoms with Gasteiger partial charge in [0, 0.05) is 19.2 Å². The third kappa shape index (κ3) is 7.25. The van der Waals surface area contributed by atoms with Gasteiger partial charge in [0.05, 0.1) is 13.0 Å². The minimum Gasteiger partial charge on any atom is -0.494 e. The van der Waals surface area contributed by atoms with Crippen molar-refractivity contribution in [2.75, 3.05) is 20.7 Å². The number of methoxy groups -OCH3 is 1. The van der Waals surface area contributed by atoms with Gasteiger partial charge in [-0.25, -0.2) is 9.18 Å². The normalized spacial score (nSPS) is 12.2. The predicted octanol–water partition coefficient (Wildman–Crippen LogP) is 5.39. The molecule has 2 rings (SSSR count). The lowest BCUT2D eigenvalue weighted by molar-refractivity contribution is -0.142. The molecule has 0 bridgehead atoms. The first-order valence-corrected chi connectivity index (χ1v) is 10.6. The molecule has 1 amide bonds. The SMILES string of the molecule is COc1cccc(-c2cccc(CC(CCCN(C)C(=O)OC(C)(C)C)C(=O)O)c2)c1F. The molecule has 0 aliphatic carbocycles. The van der Waals surface area contributed by atoms with Gasteiger partial charge >= 0.3 is 12.1 Å². The van der Waals surface area contributed by atoms with E-state index in [-0.39, 0.29) is 5.75 Å². The summed E-state index contributed by atoms with van der Waals surface area (Å²) in [5.41, 5.74) is 1.28. The maximum atomic E-state index is 14.6. The van der Waals surface area contributed by atoms with Gasteiger partial charge in [0.2, 0.25) is 0 Å². The Morgan fingerprint density at radius 3 is 2.47 bits per heavy atom. The summed E-state index contributed by atoms with van der Waals surface area (Å²) in [6.07, 6.45) is 0.805. The Kier molecular flexibility index (Phi) is 8.63. The molecule has 32 heavy (non-hydrogen) atoms. The number of carboxylic acid groups (broad SMARTS) is 1. The van der Waals surface area contributed by atoms with E-state index in [1.807, 2.05) is 6.07 Å². The van der Waals surface area contributed by atoms with E-state index in [1.165, 1.54) is 12.0 Å². The lowest BCUT2D eigenvalue weighted by Crippen LogP contribution is -2.35. The third-order valence-corrected chi connectivity index (χ3v) is 5.00. The average molecular weight is 446 g/mol. The molecular formula is C25H32FNO5. The molecule has 174 valence electrons. The van der Waals surface area contributed by atoms with Crippen LogP contribution in [0.4, 0.5) is 9.18 Å². The molecule has 6 nitrogen and oxygen atoms in total. The average Bonchev–Trinajstić information content (AvgIpc) is 2.72. The Hall–Kier alpha value is -3.09. The fourth-order valence-electron chi connectivity index (χ4n) is 3.36. The fourth-order valence-corrected chi connectivity index (χ4v) is 3.36. The van der Waals surface area contributed by atoms with Crippen LogP contribution in [-0.4, -0.2) is 48.4 Å². The zero-order valence-corrected chi connectivity index (χ0v) is 19.4. The van der Waals surface area contributed by atoms with E-state index in [2.05, 4.69) is 0 Å². The first-order valence-electron chi connectivity index (χ1n) is 10.6. The smallest absolute Gasteiger partial charge is 0.410 e. The van der Waals surface area contributed by atoms with Crippen molar-refractivity contribution in [3.8, 4) is 16.9 Å². The van der Waals surface area contributed by atoms with Gasteiger partial charge in [-0.1, -0.05) is 36.4 Å². The number of carboxylic acids is 1. The summed E-state index contributed by atoms with van der Waals surface area (Å²) in [6.45, 7) is 5.79. The zero-order chi connectivity index (χ0) is 23.9. The molecule has 0 saturated heterocycles. The second-order valence-corrected chi connectivity index (χ2v) is 8.81. The number of aliphatic carboxylic acids is 1. The third-order valence-electron chi connectivity index (χ3n) is 5.00. The highest BCUT2D eigenvalue weighted by atomic mass is 19.1. The van der Waals surface area contributed by atoms with Crippen LogP contribution in [0.2, 0.25) is 0 Å². The number of amides is 1. The predicted molar refractivity (Wildman–Crippen MR) is 121 cm³/mol. The molecule has 1 unspecified atom stereocenters. The molecule has 0 aliphatic rings. The van der Waals surface area contributed by atoms with Gasteiger partial charge in [-0.15, -0.1) is 0 Å². The minimum atomic E-state index is -0.900. The highest BCUT2D eigenvalue weighted by Gasteiger charge is 2.22. The quantitative estimate of drug-likeness (QED) is 0.560. The van der Waals surface area contributed by atoms with E-state index >= 15 is 0 Å². The van der Waals surface area contributed by atoms with Crippen molar-refractivity contribution >= 4 is 12.1 Å². The van der Waals surface area contributed by atoms with Crippen LogP contribution in [-0.2, 0) is 16.0 Å². The molecule has 1 N–H and O–H groups in total. The summed E-state index contributed by atoms with van der Waals surface area (Å²) >= 11 is 0. The van der Waals surface area contributed by atoms with Crippen molar-refractivity contribution < 1.29 is 28.6 Å². The Balaban J connectivity index is 2.04. The van der Waals surface area contributed by atoms with Crippen LogP contribution in [0.5, 0.6) is 5.75 Å². The number of carbonyl (C=O) groups excluding carboxylic acids is 1. The van der Waals surface area contributed by atoms with E-state index in [0.717, 1.165) is 5.56 Å². The van der Waals surface area contributed by atoms with Gasteiger partial charge in [0.1, 0.15) is 5.60 Å². The van der Waals surface area contributed by atoms with E-state index in [1.54, 1.807) is 64.2 Å². The summed E-state index contributed by atoms with van der Waals surface area (Å²) < 4.78 is 25.0. The van der Waals surface area contributed by atoms with Crippen molar-refractivity contribution in [3.63, 3.8) is 0 Å². The first kappa shape index (κ1) is 25.2. The monoisotopic (exact) mass is 445 g/mol. The molecular weight excluding hydrogens is 413 g/mol. The molecule has 0 radical (unpaired) electrons. The second kappa shape index (κ2) is 11.0. The molecule has 0 heterocycles. The van der Waals surface area contributed by atoms with Crippen molar-refractivity contribution in [1.29, 1.82) is 0 Å². The molecule has 0 spiro atoms. The number of benzene rings is 2. The van der Waals surface area contributed by atoms with Crippen molar-refractivity contribution in [2.24, 2.45) is 5.92 Å². The van der Waals surface area contributed by atoms with Crippen LogP contribution >= 0.6 is 0 Å². The highest BCUT2D eigenvalue weighted by Crippen LogP contribution is 2.30. The summed E-state index contributed by atoms with van der Waals surface area (Å²) in [7, 11) is 3.05. The standard InChI is InChI=1S/C25H32FNO5/c1-25(2,3)32-24(30)27(4)14-8-11-19(23(28)29)16-17-9-6-10-18(15-17)20-12-7-13-21(31-5)22(20)26/h6-7,9-10,12-13,15,19H,8,11,14,16H2,1-5H3,(H,28,29). The fraction of sp³-hybridized carbons (Fsp3) is 0.440. The van der Waals surface area contributed by atoms with Crippen LogP contribution < -0.4 is 4.74 Å². The molecule has 0 saturated carbocycles. The van der Waals surface area contributed by atoms with Gasteiger partial charge in [0.15, 0.2) is 11.6 Å². The van der Waals surface area contributed by atoms with Crippen LogP contribution in [0.3, 0.4) is 0 Å². The molecule has 7 heteroatoms. The minimum absolute atomic E-state index is 0.158. The van der Waals surface area contributed by atoms with E-state index < -0.39 is 29.4 Å². The number of hydrogen-bond donors (Lipinski definition) is 1. The lowest BCUT2D eigenvalue weighted by Gasteiger charge is -2.25. The highest BCUT2D eigenvalue weighted by molar-refractivity contribution is 5.71. The van der Waals surface area contributed by atoms with Crippen LogP contribution in [0.1, 0.15) is 39.2 Å². The summed E-state index contributed by atoms with van der Waals surface area (Å²) in [6, 6.07) is 12.2. The summed E-state index contributed by atoms with van der Waals surface area (Å²) in [5.74, 6) is -1.81. The number of nitrogens with zero attached hydrogens (tertiary/aromatic N) is 1. The molecule has 1 atom stereocenters. The van der Waals surface area contributed by atoms with Gasteiger partial charge in [-0.2, -0.15) is 0 Å². The Bertz CT molecular complexity index is 938. The molecule has 2 aromatic rings. The van der Waals surface area contributed by atoms with Crippen LogP contribution in [0.15, 0.2) is 42.5 Å². The molecule has 2 aromatic carbocycles. The van der Waals surface area contributed by atoms with E-state index in [9.17, 15) is 19.1 Å². The summed E-state index contributed by atoms with van der Waals surface area (Å²) in [5, 5.41) is 9.68. The number of hydrogen-bond acceptors (Lipinski definition) is 4. The summed E-state index contributed by atoms with van der Waals surface area (Å²) in [4.78, 5) is 25.3. The first-order chi connectivity index (χ1) is 15.0. The second-order valence-electron chi connectivity index (χ2n) is 8.81. The Labute approximate surface area is 189 Å². The lowest BCUT2D eigenvalue weighted by atomic mass is 9.92. The van der Waals surface area contributed by atoms with Gasteiger partial charge in [0.25, 0.3) is 0 Å². The van der Waals surface area contributed by atoms with Gasteiger partial charge < -0.3 is 19.5 Å². The topological polar surface area (TPSA) is 76.1 Å². The maximum Gasteiger partial charge on any atom is 0.410 e. The van der Waals surface area contributed by atoms with Crippen molar-refractivity contribution in [3.05, 3.63) is 53.8 Å². The van der Waals surface area contributed by atoms with Crippen LogP contribution in [0, 0.1) is 11.7 Å². The maximum absolute atomic E-state index is 14.6.